The smallest absolute Gasteiger partial charge is 0.497 e. The van der Waals surface area contributed by atoms with Gasteiger partial charge in [0.25, 0.3) is 0 Å². The molecule has 1 N–H and O–H groups in total. The predicted molar refractivity (Wildman–Crippen MR) is 140 cm³/mol. The van der Waals surface area contributed by atoms with Crippen molar-refractivity contribution in [2.45, 2.75) is 39.2 Å². The third-order valence-corrected chi connectivity index (χ3v) is 6.25. The van der Waals surface area contributed by atoms with E-state index >= 15 is 0 Å². The van der Waals surface area contributed by atoms with Crippen LogP contribution in [0.25, 0.3) is 0 Å². The van der Waals surface area contributed by atoms with Crippen LogP contribution in [0.15, 0.2) is 48.7 Å². The predicted octanol–water partition coefficient (Wildman–Crippen LogP) is 4.91. The molecule has 3 aromatic rings. The Morgan fingerprint density at radius 2 is 1.77 bits per heavy atom. The van der Waals surface area contributed by atoms with E-state index in [2.05, 4.69) is 20.0 Å². The van der Waals surface area contributed by atoms with Gasteiger partial charge in [-0.05, 0) is 43.2 Å². The molecule has 10 nitrogen and oxygen atoms in total. The summed E-state index contributed by atoms with van der Waals surface area (Å²) in [6.07, 6.45) is -2.87. The molecule has 0 aliphatic carbocycles. The first-order valence-corrected chi connectivity index (χ1v) is 12.3. The van der Waals surface area contributed by atoms with Gasteiger partial charge in [0.2, 0.25) is 5.91 Å². The Morgan fingerprint density at radius 3 is 2.40 bits per heavy atom. The molecule has 0 radical (unpaired) electrons. The van der Waals surface area contributed by atoms with Gasteiger partial charge in [-0.25, -0.2) is 14.8 Å². The quantitative estimate of drug-likeness (QED) is 0.418. The molecule has 2 aromatic carbocycles. The van der Waals surface area contributed by atoms with Gasteiger partial charge in [-0.2, -0.15) is 0 Å². The number of methoxy groups -OCH3 is 2. The molecular formula is C27H28F3N5O5. The van der Waals surface area contributed by atoms with Crippen LogP contribution in [0, 0.1) is 6.92 Å². The van der Waals surface area contributed by atoms with Crippen molar-refractivity contribution < 1.29 is 37.0 Å². The third-order valence-electron chi connectivity index (χ3n) is 6.25. The number of carbonyl (C=O) groups excluding carboxylic acids is 2. The van der Waals surface area contributed by atoms with Crippen molar-refractivity contribution in [3.63, 3.8) is 0 Å². The molecule has 1 unspecified atom stereocenters. The largest absolute Gasteiger partial charge is 0.573 e. The van der Waals surface area contributed by atoms with Gasteiger partial charge in [0, 0.05) is 11.6 Å². The third kappa shape index (κ3) is 6.35. The van der Waals surface area contributed by atoms with E-state index in [-0.39, 0.29) is 36.4 Å². The number of hydrogen-bond donors (Lipinski definition) is 1. The zero-order chi connectivity index (χ0) is 29.0. The average Bonchev–Trinajstić information content (AvgIpc) is 2.92. The second-order valence-electron chi connectivity index (χ2n) is 8.93. The maximum absolute atomic E-state index is 13.4. The lowest BCUT2D eigenvalue weighted by atomic mass is 10.0. The Balaban J connectivity index is 1.57. The molecular weight excluding hydrogens is 531 g/mol. The summed E-state index contributed by atoms with van der Waals surface area (Å²) >= 11 is 0. The lowest BCUT2D eigenvalue weighted by Gasteiger charge is -2.35. The highest BCUT2D eigenvalue weighted by Gasteiger charge is 2.36. The number of urea groups is 1. The topological polar surface area (TPSA) is 106 Å². The van der Waals surface area contributed by atoms with Crippen LogP contribution in [0.4, 0.5) is 29.6 Å². The van der Waals surface area contributed by atoms with Crippen LogP contribution in [0.5, 0.6) is 17.2 Å². The fraction of sp³-hybridized carbons (Fsp3) is 0.333. The van der Waals surface area contributed by atoms with Gasteiger partial charge in [-0.15, -0.1) is 13.2 Å². The van der Waals surface area contributed by atoms with Crippen LogP contribution < -0.4 is 29.3 Å². The Kier molecular flexibility index (Phi) is 8.31. The minimum absolute atomic E-state index is 0.122. The molecule has 0 bridgehead atoms. The molecule has 13 heteroatoms. The zero-order valence-corrected chi connectivity index (χ0v) is 22.3. The number of nitrogens with zero attached hydrogens (tertiary/aromatic N) is 4. The van der Waals surface area contributed by atoms with Crippen LogP contribution in [0.2, 0.25) is 0 Å². The van der Waals surface area contributed by atoms with E-state index in [9.17, 15) is 22.8 Å². The highest BCUT2D eigenvalue weighted by Crippen LogP contribution is 2.34. The number of halogens is 3. The molecule has 0 fully saturated rings. The van der Waals surface area contributed by atoms with Crippen molar-refractivity contribution in [3.8, 4) is 17.2 Å². The van der Waals surface area contributed by atoms with Gasteiger partial charge >= 0.3 is 12.4 Å². The maximum atomic E-state index is 13.4. The number of aryl methyl sites for hydroxylation is 1. The van der Waals surface area contributed by atoms with Crippen molar-refractivity contribution in [1.82, 2.24) is 15.3 Å². The van der Waals surface area contributed by atoms with E-state index in [1.54, 1.807) is 25.1 Å². The highest BCUT2D eigenvalue weighted by molar-refractivity contribution is 6.09. The summed E-state index contributed by atoms with van der Waals surface area (Å²) < 4.78 is 52.1. The minimum Gasteiger partial charge on any atom is -0.497 e. The summed E-state index contributed by atoms with van der Waals surface area (Å²) in [5.41, 5.74) is 1.82. The molecule has 1 aromatic heterocycles. The van der Waals surface area contributed by atoms with Crippen LogP contribution >= 0.6 is 0 Å². The van der Waals surface area contributed by atoms with Crippen LogP contribution in [0.1, 0.15) is 36.2 Å². The van der Waals surface area contributed by atoms with E-state index in [0.29, 0.717) is 34.7 Å². The van der Waals surface area contributed by atoms with E-state index in [4.69, 9.17) is 9.47 Å². The second-order valence-corrected chi connectivity index (χ2v) is 8.93. The Bertz CT molecular complexity index is 1380. The first-order valence-electron chi connectivity index (χ1n) is 12.3. The number of benzene rings is 2. The zero-order valence-electron chi connectivity index (χ0n) is 22.3. The first-order chi connectivity index (χ1) is 19.0. The standard InChI is InChI=1S/C27H28F3N5O5/c1-5-21(17-6-9-19(10-7-17)40-27(28,29)30)33-26(37)35-15-23(36)34(25-24(35)31-13-16(2)32-25)14-18-8-11-20(38-3)12-22(18)39-4/h6-13,21H,5,14-15H2,1-4H3,(H,33,37). The second kappa shape index (κ2) is 11.7. The lowest BCUT2D eigenvalue weighted by molar-refractivity contribution is -0.274. The monoisotopic (exact) mass is 559 g/mol. The summed E-state index contributed by atoms with van der Waals surface area (Å²) in [7, 11) is 3.05. The highest BCUT2D eigenvalue weighted by atomic mass is 19.4. The number of aromatic nitrogens is 2. The van der Waals surface area contributed by atoms with Crippen molar-refractivity contribution in [1.29, 1.82) is 0 Å². The van der Waals surface area contributed by atoms with Gasteiger partial charge in [0.15, 0.2) is 11.6 Å². The van der Waals surface area contributed by atoms with Crippen LogP contribution in [0.3, 0.4) is 0 Å². The number of nitrogens with one attached hydrogen (secondary N) is 1. The number of ether oxygens (including phenoxy) is 3. The molecule has 3 amide bonds. The van der Waals surface area contributed by atoms with Crippen molar-refractivity contribution >= 4 is 23.6 Å². The average molecular weight is 560 g/mol. The van der Waals surface area contributed by atoms with E-state index in [1.165, 1.54) is 54.5 Å². The molecule has 4 rings (SSSR count). The summed E-state index contributed by atoms with van der Waals surface area (Å²) in [4.78, 5) is 38.3. The van der Waals surface area contributed by atoms with Gasteiger partial charge in [0.05, 0.1) is 38.7 Å². The van der Waals surface area contributed by atoms with E-state index in [0.717, 1.165) is 0 Å². The summed E-state index contributed by atoms with van der Waals surface area (Å²) in [6, 6.07) is 9.33. The lowest BCUT2D eigenvalue weighted by Crippen LogP contribution is -2.52. The molecule has 0 saturated carbocycles. The molecule has 212 valence electrons. The van der Waals surface area contributed by atoms with Crippen molar-refractivity contribution in [2.24, 2.45) is 0 Å². The van der Waals surface area contributed by atoms with E-state index < -0.39 is 18.4 Å². The maximum Gasteiger partial charge on any atom is 0.573 e. The number of anilines is 2. The van der Waals surface area contributed by atoms with Gasteiger partial charge in [-0.1, -0.05) is 19.1 Å². The number of rotatable bonds is 8. The molecule has 1 atom stereocenters. The van der Waals surface area contributed by atoms with E-state index in [1.807, 2.05) is 6.92 Å². The molecule has 0 saturated heterocycles. The molecule has 40 heavy (non-hydrogen) atoms. The number of fused-ring (bicyclic) bond motifs is 1. The van der Waals surface area contributed by atoms with Gasteiger partial charge in [-0.3, -0.25) is 14.6 Å². The number of alkyl halides is 3. The summed E-state index contributed by atoms with van der Waals surface area (Å²) in [6.45, 7) is 3.36. The Morgan fingerprint density at radius 1 is 1.07 bits per heavy atom. The molecule has 1 aliphatic heterocycles. The SMILES string of the molecule is CCC(NC(=O)N1CC(=O)N(Cc2ccc(OC)cc2OC)c2nc(C)cnc21)c1ccc(OC(F)(F)F)cc1. The molecule has 2 heterocycles. The van der Waals surface area contributed by atoms with Crippen molar-refractivity contribution in [3.05, 3.63) is 65.5 Å². The van der Waals surface area contributed by atoms with Crippen LogP contribution in [-0.4, -0.2) is 49.0 Å². The van der Waals surface area contributed by atoms with Crippen molar-refractivity contribution in [2.75, 3.05) is 30.6 Å². The fourth-order valence-electron chi connectivity index (χ4n) is 4.28. The Labute approximate surface area is 228 Å². The number of hydrogen-bond acceptors (Lipinski definition) is 7. The normalized spacial score (nSPS) is 13.9. The van der Waals surface area contributed by atoms with Crippen LogP contribution in [-0.2, 0) is 11.3 Å². The summed E-state index contributed by atoms with van der Waals surface area (Å²) in [5.74, 6) is 0.767. The number of amides is 3. The molecule has 1 aliphatic rings. The summed E-state index contributed by atoms with van der Waals surface area (Å²) in [5, 5.41) is 2.84. The van der Waals surface area contributed by atoms with Gasteiger partial charge in [0.1, 0.15) is 23.8 Å². The number of carbonyl (C=O) groups is 2. The first kappa shape index (κ1) is 28.5. The minimum atomic E-state index is -4.81. The molecule has 0 spiro atoms. The van der Waals surface area contributed by atoms with Gasteiger partial charge < -0.3 is 19.5 Å². The fourth-order valence-corrected chi connectivity index (χ4v) is 4.28. The Hall–Kier alpha value is -4.55.